The van der Waals surface area contributed by atoms with Crippen LogP contribution in [0.1, 0.15) is 6.92 Å². The fourth-order valence-electron chi connectivity index (χ4n) is 0.595. The molecular weight excluding hydrogens is 182 g/mol. The van der Waals surface area contributed by atoms with E-state index >= 15 is 0 Å². The molecule has 0 fully saturated rings. The highest BCUT2D eigenvalue weighted by molar-refractivity contribution is 6.27. The van der Waals surface area contributed by atoms with E-state index in [1.807, 2.05) is 0 Å². The van der Waals surface area contributed by atoms with Crippen molar-refractivity contribution >= 4 is 23.5 Å². The van der Waals surface area contributed by atoms with Crippen molar-refractivity contribution < 1.29 is 14.7 Å². The van der Waals surface area contributed by atoms with Gasteiger partial charge in [0, 0.05) is 0 Å². The summed E-state index contributed by atoms with van der Waals surface area (Å²) in [5.74, 6) is -1.91. The van der Waals surface area contributed by atoms with Gasteiger partial charge >= 0.3 is 5.97 Å². The van der Waals surface area contributed by atoms with Crippen LogP contribution in [0.3, 0.4) is 0 Å². The monoisotopic (exact) mass is 191 g/mol. The van der Waals surface area contributed by atoms with Crippen molar-refractivity contribution in [3.05, 3.63) is 12.2 Å². The number of amides is 1. The van der Waals surface area contributed by atoms with E-state index in [1.54, 1.807) is 0 Å². The van der Waals surface area contributed by atoms with Crippen LogP contribution in [0.5, 0.6) is 0 Å². The second kappa shape index (κ2) is 4.77. The summed E-state index contributed by atoms with van der Waals surface area (Å²) in [6.07, 6.45) is 0. The van der Waals surface area contributed by atoms with Gasteiger partial charge in [0.2, 0.25) is 5.91 Å². The van der Waals surface area contributed by atoms with Crippen molar-refractivity contribution in [3.8, 4) is 0 Å². The van der Waals surface area contributed by atoms with Crippen LogP contribution < -0.4 is 5.32 Å². The molecule has 2 N–H and O–H groups in total. The first kappa shape index (κ1) is 11.0. The Labute approximate surface area is 75.2 Å². The zero-order chi connectivity index (χ0) is 9.72. The molecule has 5 heteroatoms. The van der Waals surface area contributed by atoms with Crippen molar-refractivity contribution in [2.24, 2.45) is 0 Å². The largest absolute Gasteiger partial charge is 0.479 e. The molecular formula is C7H10ClNO3. The zero-order valence-electron chi connectivity index (χ0n) is 6.63. The summed E-state index contributed by atoms with van der Waals surface area (Å²) in [4.78, 5) is 21.2. The Morgan fingerprint density at radius 2 is 2.17 bits per heavy atom. The van der Waals surface area contributed by atoms with Gasteiger partial charge in [0.15, 0.2) is 0 Å². The van der Waals surface area contributed by atoms with E-state index in [1.165, 1.54) is 6.92 Å². The number of halogens is 1. The van der Waals surface area contributed by atoms with Gasteiger partial charge in [-0.1, -0.05) is 6.58 Å². The Balaban J connectivity index is 4.24. The van der Waals surface area contributed by atoms with Gasteiger partial charge in [0.1, 0.15) is 11.9 Å². The number of rotatable bonds is 4. The maximum Gasteiger partial charge on any atom is 0.330 e. The fraction of sp³-hybridized carbons (Fsp3) is 0.429. The van der Waals surface area contributed by atoms with Gasteiger partial charge in [0.05, 0.1) is 0 Å². The third-order valence-corrected chi connectivity index (χ3v) is 1.41. The number of carboxylic acid groups (broad SMARTS) is 1. The molecule has 0 bridgehead atoms. The maximum absolute atomic E-state index is 10.7. The van der Waals surface area contributed by atoms with Gasteiger partial charge < -0.3 is 10.4 Å². The quantitative estimate of drug-likeness (QED) is 0.499. The molecule has 1 amide bonds. The molecule has 0 unspecified atom stereocenters. The number of nitrogens with one attached hydrogen (secondary N) is 1. The molecule has 4 nitrogen and oxygen atoms in total. The Kier molecular flexibility index (Phi) is 4.36. The van der Waals surface area contributed by atoms with E-state index in [2.05, 4.69) is 11.9 Å². The van der Waals surface area contributed by atoms with Crippen molar-refractivity contribution in [2.75, 3.05) is 5.88 Å². The smallest absolute Gasteiger partial charge is 0.330 e. The molecule has 0 aliphatic carbocycles. The lowest BCUT2D eigenvalue weighted by Gasteiger charge is -2.12. The number of hydrogen-bond acceptors (Lipinski definition) is 2. The second-order valence-corrected chi connectivity index (χ2v) is 2.59. The molecule has 0 saturated carbocycles. The topological polar surface area (TPSA) is 66.4 Å². The first-order valence-corrected chi connectivity index (χ1v) is 3.76. The van der Waals surface area contributed by atoms with Crippen LogP contribution in [0, 0.1) is 0 Å². The molecule has 12 heavy (non-hydrogen) atoms. The molecule has 0 spiro atoms. The molecule has 68 valence electrons. The molecule has 0 aliphatic rings. The Morgan fingerprint density at radius 3 is 2.42 bits per heavy atom. The lowest BCUT2D eigenvalue weighted by molar-refractivity contribution is -0.140. The first-order chi connectivity index (χ1) is 5.49. The third kappa shape index (κ3) is 3.39. The summed E-state index contributed by atoms with van der Waals surface area (Å²) in [5, 5.41) is 10.8. The Morgan fingerprint density at radius 1 is 1.67 bits per heavy atom. The highest BCUT2D eigenvalue weighted by atomic mass is 35.5. The minimum absolute atomic E-state index is 0.253. The van der Waals surface area contributed by atoms with Crippen LogP contribution in [0.25, 0.3) is 0 Å². The van der Waals surface area contributed by atoms with Crippen LogP contribution in [0.2, 0.25) is 0 Å². The normalized spacial score (nSPS) is 11.8. The molecule has 0 aromatic rings. The lowest BCUT2D eigenvalue weighted by Crippen LogP contribution is -2.41. The number of carbonyl (C=O) groups is 2. The predicted octanol–water partition coefficient (Wildman–Crippen LogP) is 0.371. The summed E-state index contributed by atoms with van der Waals surface area (Å²) in [5.41, 5.74) is 0.362. The third-order valence-electron chi connectivity index (χ3n) is 1.17. The molecule has 0 radical (unpaired) electrons. The summed E-state index contributed by atoms with van der Waals surface area (Å²) in [7, 11) is 0. The summed E-state index contributed by atoms with van der Waals surface area (Å²) in [6, 6.07) is -1.05. The van der Waals surface area contributed by atoms with Gasteiger partial charge in [-0.3, -0.25) is 4.79 Å². The average Bonchev–Trinajstić information content (AvgIpc) is 1.98. The zero-order valence-corrected chi connectivity index (χ0v) is 7.39. The number of carbonyl (C=O) groups excluding carboxylic acids is 1. The highest BCUT2D eigenvalue weighted by Crippen LogP contribution is 1.97. The SMILES string of the molecule is C=C(C)[C@@H](NC(=O)CCl)C(=O)O. The summed E-state index contributed by atoms with van der Waals surface area (Å²) in [6.45, 7) is 4.95. The molecule has 0 aliphatic heterocycles. The average molecular weight is 192 g/mol. The van der Waals surface area contributed by atoms with Crippen molar-refractivity contribution in [3.63, 3.8) is 0 Å². The van der Waals surface area contributed by atoms with Crippen LogP contribution in [0.15, 0.2) is 12.2 Å². The van der Waals surface area contributed by atoms with Crippen molar-refractivity contribution in [1.82, 2.24) is 5.32 Å². The Bertz CT molecular complexity index is 201. The minimum Gasteiger partial charge on any atom is -0.479 e. The lowest BCUT2D eigenvalue weighted by atomic mass is 10.1. The van der Waals surface area contributed by atoms with Crippen LogP contribution in [0.4, 0.5) is 0 Å². The first-order valence-electron chi connectivity index (χ1n) is 3.22. The van der Waals surface area contributed by atoms with Crippen molar-refractivity contribution in [2.45, 2.75) is 13.0 Å². The summed E-state index contributed by atoms with van der Waals surface area (Å²) < 4.78 is 0. The van der Waals surface area contributed by atoms with E-state index < -0.39 is 17.9 Å². The van der Waals surface area contributed by atoms with E-state index in [9.17, 15) is 9.59 Å². The predicted molar refractivity (Wildman–Crippen MR) is 45.1 cm³/mol. The highest BCUT2D eigenvalue weighted by Gasteiger charge is 2.19. The second-order valence-electron chi connectivity index (χ2n) is 2.32. The number of alkyl halides is 1. The van der Waals surface area contributed by atoms with E-state index in [0.29, 0.717) is 5.57 Å². The van der Waals surface area contributed by atoms with Crippen LogP contribution in [-0.2, 0) is 9.59 Å². The summed E-state index contributed by atoms with van der Waals surface area (Å²) >= 11 is 5.17. The van der Waals surface area contributed by atoms with E-state index in [4.69, 9.17) is 16.7 Å². The maximum atomic E-state index is 10.7. The fourth-order valence-corrected chi connectivity index (χ4v) is 0.672. The molecule has 0 saturated heterocycles. The van der Waals surface area contributed by atoms with E-state index in [-0.39, 0.29) is 5.88 Å². The van der Waals surface area contributed by atoms with E-state index in [0.717, 1.165) is 0 Å². The number of carboxylic acids is 1. The molecule has 1 atom stereocenters. The van der Waals surface area contributed by atoms with Gasteiger partial charge in [-0.2, -0.15) is 0 Å². The standard InChI is InChI=1S/C7H10ClNO3/c1-4(2)6(7(11)12)9-5(10)3-8/h6H,1,3H2,2H3,(H,9,10)(H,11,12)/t6-/m1/s1. The van der Waals surface area contributed by atoms with Gasteiger partial charge in [-0.25, -0.2) is 4.79 Å². The minimum atomic E-state index is -1.14. The number of aliphatic carboxylic acids is 1. The molecule has 0 aromatic carbocycles. The van der Waals surface area contributed by atoms with Gasteiger partial charge in [-0.15, -0.1) is 11.6 Å². The van der Waals surface area contributed by atoms with Crippen LogP contribution >= 0.6 is 11.6 Å². The van der Waals surface area contributed by atoms with Crippen LogP contribution in [-0.4, -0.2) is 28.9 Å². The van der Waals surface area contributed by atoms with Gasteiger partial charge in [-0.05, 0) is 12.5 Å². The van der Waals surface area contributed by atoms with Crippen molar-refractivity contribution in [1.29, 1.82) is 0 Å². The molecule has 0 heterocycles. The molecule has 0 aromatic heterocycles. The Hall–Kier alpha value is -1.03. The van der Waals surface area contributed by atoms with Gasteiger partial charge in [0.25, 0.3) is 0 Å². The molecule has 0 rings (SSSR count). The number of hydrogen-bond donors (Lipinski definition) is 2.